The predicted molar refractivity (Wildman–Crippen MR) is 437 cm³/mol. The van der Waals surface area contributed by atoms with E-state index in [4.69, 9.17) is 15.0 Å². The molecule has 0 saturated carbocycles. The summed E-state index contributed by atoms with van der Waals surface area (Å²) < 4.78 is 4.90. The van der Waals surface area contributed by atoms with Crippen LogP contribution in [0.2, 0.25) is 0 Å². The number of aromatic nitrogens is 5. The highest BCUT2D eigenvalue weighted by Crippen LogP contribution is 2.46. The minimum Gasteiger partial charge on any atom is -0.309 e. The summed E-state index contributed by atoms with van der Waals surface area (Å²) in [6.07, 6.45) is 0. The highest BCUT2D eigenvalue weighted by Gasteiger charge is 2.29. The molecule has 0 bridgehead atoms. The molecule has 3 aromatic heterocycles. The van der Waals surface area contributed by atoms with Crippen LogP contribution in [-0.4, -0.2) is 24.1 Å². The molecule has 0 amide bonds. The van der Waals surface area contributed by atoms with Gasteiger partial charge < -0.3 is 9.13 Å². The average Bonchev–Trinajstić information content (AvgIpc) is 1.55. The number of benzene rings is 13. The van der Waals surface area contributed by atoms with Gasteiger partial charge in [0.05, 0.1) is 45.1 Å². The second kappa shape index (κ2) is 25.8. The van der Waals surface area contributed by atoms with Crippen LogP contribution in [0.5, 0.6) is 0 Å². The zero-order chi connectivity index (χ0) is 72.0. The monoisotopic (exact) mass is 1340 g/mol. The molecular formula is C98H84N6. The van der Waals surface area contributed by atoms with Gasteiger partial charge in [-0.25, -0.2) is 15.0 Å². The second-order valence-corrected chi connectivity index (χ2v) is 32.1. The Morgan fingerprint density at radius 1 is 0.240 bits per heavy atom. The Hall–Kier alpha value is -12.0. The summed E-state index contributed by atoms with van der Waals surface area (Å²) >= 11 is 0. The fourth-order valence-corrected chi connectivity index (χ4v) is 14.8. The van der Waals surface area contributed by atoms with E-state index in [0.29, 0.717) is 23.0 Å². The molecule has 0 unspecified atom stereocenters. The van der Waals surface area contributed by atoms with E-state index in [1.807, 2.05) is 18.2 Å². The van der Waals surface area contributed by atoms with Gasteiger partial charge in [-0.15, -0.1) is 0 Å². The molecule has 0 fully saturated rings. The Bertz CT molecular complexity index is 5710. The number of hydrogen-bond donors (Lipinski definition) is 0. The molecule has 13 aromatic carbocycles. The van der Waals surface area contributed by atoms with Crippen molar-refractivity contribution in [2.45, 2.75) is 105 Å². The smallest absolute Gasteiger partial charge is 0.166 e. The summed E-state index contributed by atoms with van der Waals surface area (Å²) in [4.78, 5) is 17.5. The van der Waals surface area contributed by atoms with E-state index in [9.17, 15) is 5.26 Å². The Morgan fingerprint density at radius 2 is 0.529 bits per heavy atom. The Kier molecular flexibility index (Phi) is 16.5. The lowest BCUT2D eigenvalue weighted by molar-refractivity contribution is 0.568. The van der Waals surface area contributed by atoms with Crippen molar-refractivity contribution in [3.8, 4) is 118 Å². The van der Waals surface area contributed by atoms with Crippen molar-refractivity contribution in [3.63, 3.8) is 0 Å². The fourth-order valence-electron chi connectivity index (χ4n) is 14.8. The molecule has 6 heteroatoms. The molecule has 0 atom stereocenters. The van der Waals surface area contributed by atoms with Gasteiger partial charge in [0.15, 0.2) is 17.5 Å². The van der Waals surface area contributed by atoms with E-state index in [-0.39, 0.29) is 21.7 Å². The van der Waals surface area contributed by atoms with Gasteiger partial charge in [0, 0.05) is 43.8 Å². The van der Waals surface area contributed by atoms with Crippen molar-refractivity contribution in [2.75, 3.05) is 0 Å². The summed E-state index contributed by atoms with van der Waals surface area (Å²) in [6.45, 7) is 27.5. The van der Waals surface area contributed by atoms with Gasteiger partial charge in [0.1, 0.15) is 0 Å². The van der Waals surface area contributed by atoms with Gasteiger partial charge in [-0.05, 0) is 214 Å². The molecule has 16 aromatic rings. The third-order valence-corrected chi connectivity index (χ3v) is 20.8. The zero-order valence-corrected chi connectivity index (χ0v) is 61.4. The summed E-state index contributed by atoms with van der Waals surface area (Å²) in [5, 5.41) is 14.9. The lowest BCUT2D eigenvalue weighted by Gasteiger charge is -2.26. The zero-order valence-electron chi connectivity index (χ0n) is 61.4. The molecule has 104 heavy (non-hydrogen) atoms. The van der Waals surface area contributed by atoms with Crippen LogP contribution in [0, 0.1) is 11.3 Å². The average molecular weight is 1350 g/mol. The molecule has 0 radical (unpaired) electrons. The number of nitriles is 1. The van der Waals surface area contributed by atoms with E-state index in [1.54, 1.807) is 0 Å². The van der Waals surface area contributed by atoms with Crippen molar-refractivity contribution in [1.82, 2.24) is 24.1 Å². The number of rotatable bonds is 11. The van der Waals surface area contributed by atoms with Crippen molar-refractivity contribution >= 4 is 43.6 Å². The van der Waals surface area contributed by atoms with Crippen LogP contribution in [0.3, 0.4) is 0 Å². The quantitative estimate of drug-likeness (QED) is 0.129. The first-order valence-corrected chi connectivity index (χ1v) is 36.3. The van der Waals surface area contributed by atoms with E-state index in [1.165, 1.54) is 22.3 Å². The lowest BCUT2D eigenvalue weighted by atomic mass is 9.79. The van der Waals surface area contributed by atoms with E-state index in [0.717, 1.165) is 138 Å². The standard InChI is InChI=1S/C98H84N6/c1-95(2,3)76-49-74(50-77(59-76)96(4,5)6)92-100-93(75-51-78(97(7,8)9)60-79(52-75)98(10,11)12)102-94(101-92)85-58-73(41-47-91(85)104-89-45-38-70(65-31-21-15-22-32-65)56-83(89)84-57-71(39-46-90(84)104)66-33-23-16-24-34-66)80-53-72(67-35-25-26-62(48-67)61-99)40-42-86(80)103-87-43-36-68(63-27-17-13-18-28-63)54-81(87)82-55-69(37-44-88(82)103)64-29-19-14-20-30-64/h13-60H,1-12H3. The summed E-state index contributed by atoms with van der Waals surface area (Å²) in [5.74, 6) is 1.72. The largest absolute Gasteiger partial charge is 0.309 e. The van der Waals surface area contributed by atoms with E-state index < -0.39 is 0 Å². The van der Waals surface area contributed by atoms with Crippen LogP contribution >= 0.6 is 0 Å². The molecule has 0 aliphatic heterocycles. The van der Waals surface area contributed by atoms with E-state index >= 15 is 0 Å². The lowest BCUT2D eigenvalue weighted by Crippen LogP contribution is -2.17. The minimum atomic E-state index is -0.191. The molecule has 0 aliphatic rings. The maximum absolute atomic E-state index is 10.4. The molecule has 6 nitrogen and oxygen atoms in total. The van der Waals surface area contributed by atoms with Crippen molar-refractivity contribution < 1.29 is 0 Å². The van der Waals surface area contributed by atoms with Crippen LogP contribution in [-0.2, 0) is 21.7 Å². The number of fused-ring (bicyclic) bond motifs is 6. The highest BCUT2D eigenvalue weighted by molar-refractivity contribution is 6.14. The maximum atomic E-state index is 10.4. The molecular weight excluding hydrogens is 1260 g/mol. The summed E-state index contributed by atoms with van der Waals surface area (Å²) in [5.41, 5.74) is 26.5. The van der Waals surface area contributed by atoms with Crippen molar-refractivity contribution in [2.24, 2.45) is 0 Å². The third kappa shape index (κ3) is 12.6. The molecule has 0 spiro atoms. The normalized spacial score (nSPS) is 12.2. The highest BCUT2D eigenvalue weighted by atomic mass is 15.1. The molecule has 16 rings (SSSR count). The minimum absolute atomic E-state index is 0.191. The number of hydrogen-bond acceptors (Lipinski definition) is 4. The topological polar surface area (TPSA) is 72.3 Å². The first-order valence-electron chi connectivity index (χ1n) is 36.3. The Labute approximate surface area is 611 Å². The van der Waals surface area contributed by atoms with Gasteiger partial charge in [0.2, 0.25) is 0 Å². The summed E-state index contributed by atoms with van der Waals surface area (Å²) in [6, 6.07) is 109. The van der Waals surface area contributed by atoms with Crippen LogP contribution in [0.4, 0.5) is 0 Å². The van der Waals surface area contributed by atoms with Crippen molar-refractivity contribution in [1.29, 1.82) is 5.26 Å². The molecule has 506 valence electrons. The SMILES string of the molecule is CC(C)(C)c1cc(-c2nc(-c3cc(C(C)(C)C)cc(C(C)(C)C)c3)nc(-c3cc(-c4cc(-c5cccc(C#N)c5)ccc4-n4c5ccc(-c6ccccc6)cc5c5cc(-c6ccccc6)ccc54)ccc3-n3c4ccc(-c5ccccc5)cc4c4cc(-c5ccccc5)ccc43)n2)cc(C(C)(C)C)c1. The van der Waals surface area contributed by atoms with Gasteiger partial charge >= 0.3 is 0 Å². The maximum Gasteiger partial charge on any atom is 0.166 e. The summed E-state index contributed by atoms with van der Waals surface area (Å²) in [7, 11) is 0. The second-order valence-electron chi connectivity index (χ2n) is 32.1. The Morgan fingerprint density at radius 3 is 0.875 bits per heavy atom. The number of nitrogens with zero attached hydrogens (tertiary/aromatic N) is 6. The molecule has 0 N–H and O–H groups in total. The van der Waals surface area contributed by atoms with Crippen LogP contribution in [0.1, 0.15) is 111 Å². The first kappa shape index (κ1) is 66.5. The first-order chi connectivity index (χ1) is 50.0. The molecule has 0 saturated heterocycles. The van der Waals surface area contributed by atoms with Gasteiger partial charge in [-0.3, -0.25) is 0 Å². The van der Waals surface area contributed by atoms with Crippen LogP contribution < -0.4 is 0 Å². The van der Waals surface area contributed by atoms with E-state index in [2.05, 4.69) is 371 Å². The van der Waals surface area contributed by atoms with Crippen LogP contribution in [0.25, 0.3) is 156 Å². The van der Waals surface area contributed by atoms with Crippen LogP contribution in [0.15, 0.2) is 291 Å². The molecule has 0 aliphatic carbocycles. The fraction of sp³-hybridized carbons (Fsp3) is 0.163. The van der Waals surface area contributed by atoms with Gasteiger partial charge in [-0.1, -0.05) is 265 Å². The van der Waals surface area contributed by atoms with Gasteiger partial charge in [-0.2, -0.15) is 5.26 Å². The Balaban J connectivity index is 1.04. The molecule has 3 heterocycles. The third-order valence-electron chi connectivity index (χ3n) is 20.8. The van der Waals surface area contributed by atoms with Gasteiger partial charge in [0.25, 0.3) is 0 Å². The predicted octanol–water partition coefficient (Wildman–Crippen LogP) is 26.1. The van der Waals surface area contributed by atoms with Crippen molar-refractivity contribution in [3.05, 3.63) is 319 Å².